The number of nitrogens with zero attached hydrogens (tertiary/aromatic N) is 3. The molecule has 8 nitrogen and oxygen atoms in total. The van der Waals surface area contributed by atoms with Crippen molar-refractivity contribution in [2.75, 3.05) is 19.0 Å². The molecule has 2 N–H and O–H groups in total. The van der Waals surface area contributed by atoms with E-state index < -0.39 is 0 Å². The molecule has 2 aromatic heterocycles. The van der Waals surface area contributed by atoms with Gasteiger partial charge in [-0.2, -0.15) is 0 Å². The van der Waals surface area contributed by atoms with E-state index in [-0.39, 0.29) is 18.1 Å². The van der Waals surface area contributed by atoms with Crippen LogP contribution in [-0.4, -0.2) is 39.2 Å². The Labute approximate surface area is 184 Å². The third-order valence-corrected chi connectivity index (χ3v) is 5.73. The molecule has 162 valence electrons. The third kappa shape index (κ3) is 3.49. The number of nitrogens with one attached hydrogen (secondary N) is 2. The molecule has 32 heavy (non-hydrogen) atoms. The number of urea groups is 1. The van der Waals surface area contributed by atoms with E-state index in [2.05, 4.69) is 10.4 Å². The van der Waals surface area contributed by atoms with Crippen molar-refractivity contribution in [3.05, 3.63) is 81.8 Å². The van der Waals surface area contributed by atoms with Crippen LogP contribution in [0, 0.1) is 6.92 Å². The summed E-state index contributed by atoms with van der Waals surface area (Å²) in [4.78, 5) is 32.4. The molecule has 0 saturated heterocycles. The molecule has 0 bridgehead atoms. The Bertz CT molecular complexity index is 1370. The van der Waals surface area contributed by atoms with Gasteiger partial charge in [0.25, 0.3) is 5.56 Å². The van der Waals surface area contributed by atoms with Gasteiger partial charge in [0, 0.05) is 18.2 Å². The van der Waals surface area contributed by atoms with Crippen molar-refractivity contribution < 1.29 is 9.53 Å². The predicted octanol–water partition coefficient (Wildman–Crippen LogP) is 3.60. The number of aryl methyl sites for hydroxylation is 1. The standard InChI is InChI=1S/C24H23N5O3/c1-15-8-9-21(32-2)19(12-15)26-24(31)28-11-10-17-20(14-28)25-22-13-18(27-29(22)23(17)30)16-6-4-3-5-7-16/h3-9,12-13,27H,10-11,14H2,1-2H3,(H,26,31). The van der Waals surface area contributed by atoms with E-state index in [9.17, 15) is 9.59 Å². The minimum absolute atomic E-state index is 0.118. The Morgan fingerprint density at radius 3 is 2.75 bits per heavy atom. The van der Waals surface area contributed by atoms with E-state index in [1.807, 2.05) is 61.5 Å². The topological polar surface area (TPSA) is 91.7 Å². The van der Waals surface area contributed by atoms with Gasteiger partial charge in [0.1, 0.15) is 5.75 Å². The first kappa shape index (κ1) is 19.9. The number of carbonyl (C=O) groups is 1. The zero-order chi connectivity index (χ0) is 22.2. The second kappa shape index (κ2) is 7.88. The summed E-state index contributed by atoms with van der Waals surface area (Å²) in [7, 11) is 1.57. The zero-order valence-corrected chi connectivity index (χ0v) is 17.9. The Morgan fingerprint density at radius 1 is 1.16 bits per heavy atom. The predicted molar refractivity (Wildman–Crippen MR) is 122 cm³/mol. The van der Waals surface area contributed by atoms with Crippen molar-refractivity contribution in [3.8, 4) is 17.0 Å². The molecule has 1 aliphatic rings. The molecule has 0 unspecified atom stereocenters. The average molecular weight is 429 g/mol. The molecule has 0 atom stereocenters. The normalized spacial score (nSPS) is 13.1. The van der Waals surface area contributed by atoms with E-state index in [1.165, 1.54) is 4.52 Å². The fraction of sp³-hybridized carbons (Fsp3) is 0.208. The molecule has 2 aromatic carbocycles. The first-order valence-corrected chi connectivity index (χ1v) is 10.4. The van der Waals surface area contributed by atoms with Crippen LogP contribution in [0.3, 0.4) is 0 Å². The van der Waals surface area contributed by atoms with Crippen LogP contribution in [-0.2, 0) is 13.0 Å². The summed E-state index contributed by atoms with van der Waals surface area (Å²) >= 11 is 0. The van der Waals surface area contributed by atoms with Crippen molar-refractivity contribution in [1.29, 1.82) is 0 Å². The number of hydrogen-bond donors (Lipinski definition) is 2. The van der Waals surface area contributed by atoms with Crippen LogP contribution >= 0.6 is 0 Å². The largest absolute Gasteiger partial charge is 0.495 e. The van der Waals surface area contributed by atoms with Gasteiger partial charge in [-0.05, 0) is 36.6 Å². The molecule has 0 aliphatic carbocycles. The van der Waals surface area contributed by atoms with Crippen LogP contribution in [0.4, 0.5) is 10.5 Å². The van der Waals surface area contributed by atoms with Crippen molar-refractivity contribution in [1.82, 2.24) is 19.5 Å². The first-order chi connectivity index (χ1) is 15.5. The molecule has 5 rings (SSSR count). The highest BCUT2D eigenvalue weighted by molar-refractivity contribution is 5.91. The number of aromatic nitrogens is 3. The summed E-state index contributed by atoms with van der Waals surface area (Å²) in [5, 5.41) is 6.07. The molecule has 0 saturated carbocycles. The Balaban J connectivity index is 1.43. The molecule has 4 aromatic rings. The molecule has 0 fully saturated rings. The van der Waals surface area contributed by atoms with Gasteiger partial charge in [-0.3, -0.25) is 9.89 Å². The maximum absolute atomic E-state index is 13.1. The van der Waals surface area contributed by atoms with E-state index in [0.29, 0.717) is 41.3 Å². The summed E-state index contributed by atoms with van der Waals surface area (Å²) in [5.74, 6) is 0.597. The molecule has 1 aliphatic heterocycles. The second-order valence-electron chi connectivity index (χ2n) is 7.88. The van der Waals surface area contributed by atoms with Crippen molar-refractivity contribution in [2.24, 2.45) is 0 Å². The number of anilines is 1. The smallest absolute Gasteiger partial charge is 0.322 e. The number of amides is 2. The van der Waals surface area contributed by atoms with Crippen LogP contribution in [0.1, 0.15) is 16.8 Å². The molecular weight excluding hydrogens is 406 g/mol. The Hall–Kier alpha value is -4.07. The summed E-state index contributed by atoms with van der Waals surface area (Å²) in [6.07, 6.45) is 0.447. The lowest BCUT2D eigenvalue weighted by atomic mass is 10.1. The number of rotatable bonds is 3. The Kier molecular flexibility index (Phi) is 4.89. The van der Waals surface area contributed by atoms with E-state index in [0.717, 1.165) is 16.8 Å². The Morgan fingerprint density at radius 2 is 1.97 bits per heavy atom. The fourth-order valence-electron chi connectivity index (χ4n) is 4.05. The highest BCUT2D eigenvalue weighted by Gasteiger charge is 2.26. The number of benzene rings is 2. The minimum Gasteiger partial charge on any atom is -0.495 e. The summed E-state index contributed by atoms with van der Waals surface area (Å²) in [5.41, 5.74) is 5.12. The summed E-state index contributed by atoms with van der Waals surface area (Å²) in [6.45, 7) is 2.66. The van der Waals surface area contributed by atoms with Crippen LogP contribution in [0.5, 0.6) is 5.75 Å². The van der Waals surface area contributed by atoms with Crippen molar-refractivity contribution >= 4 is 17.4 Å². The number of methoxy groups -OCH3 is 1. The number of aromatic amines is 1. The van der Waals surface area contributed by atoms with Crippen molar-refractivity contribution in [2.45, 2.75) is 19.9 Å². The van der Waals surface area contributed by atoms with Crippen LogP contribution in [0.25, 0.3) is 16.9 Å². The summed E-state index contributed by atoms with van der Waals surface area (Å²) in [6, 6.07) is 17.0. The van der Waals surface area contributed by atoms with Gasteiger partial charge >= 0.3 is 6.03 Å². The summed E-state index contributed by atoms with van der Waals surface area (Å²) < 4.78 is 6.84. The lowest BCUT2D eigenvalue weighted by Gasteiger charge is -2.28. The molecule has 8 heteroatoms. The van der Waals surface area contributed by atoms with Gasteiger partial charge in [-0.25, -0.2) is 14.3 Å². The lowest BCUT2D eigenvalue weighted by Crippen LogP contribution is -2.41. The molecule has 0 radical (unpaired) electrons. The van der Waals surface area contributed by atoms with Gasteiger partial charge in [0.05, 0.1) is 30.7 Å². The average Bonchev–Trinajstić information content (AvgIpc) is 3.24. The van der Waals surface area contributed by atoms with Crippen LogP contribution in [0.2, 0.25) is 0 Å². The second-order valence-corrected chi connectivity index (χ2v) is 7.88. The monoisotopic (exact) mass is 429 g/mol. The zero-order valence-electron chi connectivity index (χ0n) is 17.9. The number of fused-ring (bicyclic) bond motifs is 2. The number of carbonyl (C=O) groups excluding carboxylic acids is 1. The number of hydrogen-bond acceptors (Lipinski definition) is 4. The van der Waals surface area contributed by atoms with Crippen LogP contribution in [0.15, 0.2) is 59.4 Å². The van der Waals surface area contributed by atoms with Crippen molar-refractivity contribution in [3.63, 3.8) is 0 Å². The third-order valence-electron chi connectivity index (χ3n) is 5.73. The fourth-order valence-corrected chi connectivity index (χ4v) is 4.05. The van der Waals surface area contributed by atoms with Gasteiger partial charge in [-0.15, -0.1) is 0 Å². The van der Waals surface area contributed by atoms with Gasteiger partial charge in [0.15, 0.2) is 5.65 Å². The van der Waals surface area contributed by atoms with Gasteiger partial charge < -0.3 is 15.0 Å². The molecular formula is C24H23N5O3. The van der Waals surface area contributed by atoms with Gasteiger partial charge in [-0.1, -0.05) is 36.4 Å². The highest BCUT2D eigenvalue weighted by Crippen LogP contribution is 2.26. The molecule has 0 spiro atoms. The van der Waals surface area contributed by atoms with Gasteiger partial charge in [0.2, 0.25) is 0 Å². The molecule has 2 amide bonds. The lowest BCUT2D eigenvalue weighted by molar-refractivity contribution is 0.205. The maximum atomic E-state index is 13.1. The maximum Gasteiger partial charge on any atom is 0.322 e. The van der Waals surface area contributed by atoms with E-state index >= 15 is 0 Å². The minimum atomic E-state index is -0.249. The quantitative estimate of drug-likeness (QED) is 0.521. The van der Waals surface area contributed by atoms with Crippen LogP contribution < -0.4 is 15.6 Å². The first-order valence-electron chi connectivity index (χ1n) is 10.4. The number of ether oxygens (including phenoxy) is 1. The SMILES string of the molecule is COc1ccc(C)cc1NC(=O)N1CCc2c(nc3cc(-c4ccccc4)[nH]n3c2=O)C1. The van der Waals surface area contributed by atoms with E-state index in [4.69, 9.17) is 9.72 Å². The highest BCUT2D eigenvalue weighted by atomic mass is 16.5. The number of H-pyrrole nitrogens is 1. The molecule has 3 heterocycles. The van der Waals surface area contributed by atoms with E-state index in [1.54, 1.807) is 12.0 Å².